The lowest BCUT2D eigenvalue weighted by atomic mass is 10.0. The first-order valence-corrected chi connectivity index (χ1v) is 20.5. The summed E-state index contributed by atoms with van der Waals surface area (Å²) >= 11 is 0. The molecule has 24 N–H and O–H groups in total. The Morgan fingerprint density at radius 3 is 1.17 bits per heavy atom. The molecule has 24 nitrogen and oxygen atoms in total. The van der Waals surface area contributed by atoms with E-state index in [2.05, 4.69) is 42.5 Å². The van der Waals surface area contributed by atoms with E-state index < -0.39 is 71.8 Å². The lowest BCUT2D eigenvalue weighted by Crippen LogP contribution is -2.59. The molecule has 0 bridgehead atoms. The molecule has 0 unspecified atom stereocenters. The zero-order chi connectivity index (χ0) is 45.6. The monoisotopic (exact) mass is 856 g/mol. The van der Waals surface area contributed by atoms with E-state index in [-0.39, 0.29) is 88.3 Å². The first kappa shape index (κ1) is 54.5. The van der Waals surface area contributed by atoms with Crippen LogP contribution >= 0.6 is 0 Å². The average molecular weight is 856 g/mol. The van der Waals surface area contributed by atoms with E-state index in [1.54, 1.807) is 0 Å². The average Bonchev–Trinajstić information content (AvgIpc) is 3.16. The second-order valence-corrected chi connectivity index (χ2v) is 14.9. The molecule has 0 aromatic rings. The van der Waals surface area contributed by atoms with Crippen LogP contribution < -0.4 is 76.9 Å². The standard InChI is InChI=1S/C36H73N17O7/c1-21(2)20-27(53-31(57)23(11-3-5-15-37)49-28(54)22(39)10-7-17-46-34(40)41)32(58)51-25(13-8-18-47-35(42)43)29(55)50-24(12-4-6-16-38)30(56)52-26(33(59)60)14-9-19-48-36(44)45/h21-27H,3-20,37-39H2,1-2H3,(H,49,54)(H,50,55)(H,51,58)(H,52,56)(H,53,57)(H,59,60)(H4,40,41,46)(H4,42,43,47)(H4,44,45,48)/t22-,23-,24-,25-,26-,27-/m0/s1. The fourth-order valence-corrected chi connectivity index (χ4v) is 5.85. The zero-order valence-corrected chi connectivity index (χ0v) is 35.1. The molecule has 24 heteroatoms. The molecule has 0 saturated heterocycles. The van der Waals surface area contributed by atoms with Gasteiger partial charge >= 0.3 is 5.97 Å². The lowest BCUT2D eigenvalue weighted by Gasteiger charge is -2.28. The zero-order valence-electron chi connectivity index (χ0n) is 35.1. The summed E-state index contributed by atoms with van der Waals surface area (Å²) in [6.45, 7) is 5.01. The van der Waals surface area contributed by atoms with Crippen molar-refractivity contribution in [2.24, 2.45) is 40.3 Å². The molecule has 0 heterocycles. The van der Waals surface area contributed by atoms with Crippen LogP contribution in [0.2, 0.25) is 0 Å². The van der Waals surface area contributed by atoms with Gasteiger partial charge in [-0.2, -0.15) is 0 Å². The minimum atomic E-state index is -1.32. The molecule has 0 aliphatic rings. The summed E-state index contributed by atoms with van der Waals surface area (Å²) in [5.74, 6) is -5.71. The molecule has 0 radical (unpaired) electrons. The van der Waals surface area contributed by atoms with Crippen LogP contribution in [0.5, 0.6) is 0 Å². The van der Waals surface area contributed by atoms with Crippen LogP contribution in [0.3, 0.4) is 0 Å². The molecule has 0 aliphatic carbocycles. The number of carbonyl (C=O) groups excluding carboxylic acids is 5. The van der Waals surface area contributed by atoms with Crippen LogP contribution in [0, 0.1) is 22.1 Å². The molecular weight excluding hydrogens is 783 g/mol. The minimum absolute atomic E-state index is 0.0000938. The van der Waals surface area contributed by atoms with E-state index in [0.717, 1.165) is 0 Å². The smallest absolute Gasteiger partial charge is 0.326 e. The van der Waals surface area contributed by atoms with Crippen LogP contribution in [0.1, 0.15) is 97.3 Å². The highest BCUT2D eigenvalue weighted by atomic mass is 16.4. The van der Waals surface area contributed by atoms with Gasteiger partial charge in [0.05, 0.1) is 6.04 Å². The number of aliphatic carboxylic acids is 1. The number of nitrogens with two attached hydrogens (primary N) is 6. The number of nitrogens with one attached hydrogen (secondary N) is 11. The maximum atomic E-state index is 14.0. The van der Waals surface area contributed by atoms with Crippen LogP contribution in [-0.4, -0.2) is 127 Å². The van der Waals surface area contributed by atoms with Crippen molar-refractivity contribution in [3.63, 3.8) is 0 Å². The SMILES string of the molecule is CC(C)C[C@H](NC(=O)[C@H](CCCCN)NC(=O)[C@@H](N)CCCNC(=N)N)C(=O)N[C@@H](CCCNC(=N)N)C(=O)N[C@@H](CCCCN)C(=O)N[C@@H](CCCNC(=N)N)C(=O)O. The van der Waals surface area contributed by atoms with Crippen molar-refractivity contribution >= 4 is 53.4 Å². The molecule has 0 aromatic heterocycles. The topological polar surface area (TPSA) is 447 Å². The summed E-state index contributed by atoms with van der Waals surface area (Å²) in [6, 6.07) is -6.99. The molecule has 6 atom stereocenters. The van der Waals surface area contributed by atoms with Crippen LogP contribution in [-0.2, 0) is 28.8 Å². The maximum Gasteiger partial charge on any atom is 0.326 e. The van der Waals surface area contributed by atoms with E-state index >= 15 is 0 Å². The van der Waals surface area contributed by atoms with Crippen molar-refractivity contribution in [1.29, 1.82) is 16.2 Å². The summed E-state index contributed by atoms with van der Waals surface area (Å²) in [5.41, 5.74) is 33.4. The summed E-state index contributed by atoms with van der Waals surface area (Å²) in [4.78, 5) is 80.2. The van der Waals surface area contributed by atoms with E-state index in [9.17, 15) is 33.9 Å². The molecule has 5 amide bonds. The van der Waals surface area contributed by atoms with Gasteiger partial charge in [0.1, 0.15) is 30.2 Å². The van der Waals surface area contributed by atoms with Gasteiger partial charge < -0.3 is 82.0 Å². The quantitative estimate of drug-likeness (QED) is 0.0170. The Kier molecular flexibility index (Phi) is 28.6. The number of rotatable bonds is 33. The summed E-state index contributed by atoms with van der Waals surface area (Å²) in [7, 11) is 0. The second kappa shape index (κ2) is 31.4. The fraction of sp³-hybridized carbons (Fsp3) is 0.750. The largest absolute Gasteiger partial charge is 0.480 e. The predicted molar refractivity (Wildman–Crippen MR) is 228 cm³/mol. The molecule has 0 rings (SSSR count). The van der Waals surface area contributed by atoms with Gasteiger partial charge in [0.15, 0.2) is 17.9 Å². The predicted octanol–water partition coefficient (Wildman–Crippen LogP) is -4.08. The van der Waals surface area contributed by atoms with Gasteiger partial charge in [-0.15, -0.1) is 0 Å². The summed E-state index contributed by atoms with van der Waals surface area (Å²) < 4.78 is 0. The summed E-state index contributed by atoms with van der Waals surface area (Å²) in [6.07, 6.45) is 3.56. The van der Waals surface area contributed by atoms with Crippen molar-refractivity contribution in [1.82, 2.24) is 42.5 Å². The van der Waals surface area contributed by atoms with Crippen molar-refractivity contribution in [2.75, 3.05) is 32.7 Å². The number of carbonyl (C=O) groups is 6. The van der Waals surface area contributed by atoms with Gasteiger partial charge in [0.2, 0.25) is 29.5 Å². The van der Waals surface area contributed by atoms with E-state index in [1.165, 1.54) is 0 Å². The molecule has 0 fully saturated rings. The molecule has 344 valence electrons. The fourth-order valence-electron chi connectivity index (χ4n) is 5.85. The molecule has 0 aromatic carbocycles. The highest BCUT2D eigenvalue weighted by Crippen LogP contribution is 2.11. The third-order valence-electron chi connectivity index (χ3n) is 9.06. The summed E-state index contributed by atoms with van der Waals surface area (Å²) in [5, 5.41) is 52.8. The Balaban J connectivity index is 6.30. The number of hydrogen-bond acceptors (Lipinski definition) is 12. The molecule has 0 spiro atoms. The first-order chi connectivity index (χ1) is 28.3. The Hall–Kier alpha value is -5.49. The molecule has 60 heavy (non-hydrogen) atoms. The van der Waals surface area contributed by atoms with Gasteiger partial charge in [-0.05, 0) is 102 Å². The maximum absolute atomic E-state index is 14.0. The number of amides is 5. The van der Waals surface area contributed by atoms with Gasteiger partial charge in [0.25, 0.3) is 0 Å². The van der Waals surface area contributed by atoms with E-state index in [0.29, 0.717) is 51.7 Å². The van der Waals surface area contributed by atoms with Crippen molar-refractivity contribution in [2.45, 2.75) is 134 Å². The normalized spacial score (nSPS) is 13.9. The van der Waals surface area contributed by atoms with Crippen molar-refractivity contribution in [3.8, 4) is 0 Å². The Labute approximate surface area is 352 Å². The second-order valence-electron chi connectivity index (χ2n) is 14.9. The van der Waals surface area contributed by atoms with Crippen molar-refractivity contribution in [3.05, 3.63) is 0 Å². The Morgan fingerprint density at radius 2 is 0.800 bits per heavy atom. The van der Waals surface area contributed by atoms with Crippen LogP contribution in [0.15, 0.2) is 0 Å². The molecule has 0 aliphatic heterocycles. The number of hydrogen-bond donors (Lipinski definition) is 18. The van der Waals surface area contributed by atoms with E-state index in [4.69, 9.17) is 50.6 Å². The third-order valence-corrected chi connectivity index (χ3v) is 9.06. The van der Waals surface area contributed by atoms with Gasteiger partial charge in [-0.1, -0.05) is 13.8 Å². The lowest BCUT2D eigenvalue weighted by molar-refractivity contribution is -0.142. The highest BCUT2D eigenvalue weighted by molar-refractivity contribution is 5.96. The molecule has 0 saturated carbocycles. The van der Waals surface area contributed by atoms with Gasteiger partial charge in [-0.3, -0.25) is 40.2 Å². The third kappa shape index (κ3) is 25.8. The van der Waals surface area contributed by atoms with Gasteiger partial charge in [0, 0.05) is 19.6 Å². The number of unbranched alkanes of at least 4 members (excludes halogenated alkanes) is 2. The number of guanidine groups is 3. The Bertz CT molecular complexity index is 1390. The number of carboxylic acid groups (broad SMARTS) is 1. The number of carboxylic acids is 1. The van der Waals surface area contributed by atoms with Crippen LogP contribution in [0.4, 0.5) is 0 Å². The minimum Gasteiger partial charge on any atom is -0.480 e. The Morgan fingerprint density at radius 1 is 0.483 bits per heavy atom. The van der Waals surface area contributed by atoms with Gasteiger partial charge in [-0.25, -0.2) is 4.79 Å². The first-order valence-electron chi connectivity index (χ1n) is 20.5. The van der Waals surface area contributed by atoms with Crippen molar-refractivity contribution < 1.29 is 33.9 Å². The highest BCUT2D eigenvalue weighted by Gasteiger charge is 2.33. The van der Waals surface area contributed by atoms with E-state index in [1.807, 2.05) is 13.8 Å². The molecular formula is C36H73N17O7. The van der Waals surface area contributed by atoms with Crippen LogP contribution in [0.25, 0.3) is 0 Å².